The van der Waals surface area contributed by atoms with E-state index in [4.69, 9.17) is 15.7 Å². The highest BCUT2D eigenvalue weighted by atomic mass is 16.6. The third-order valence-corrected chi connectivity index (χ3v) is 2.36. The van der Waals surface area contributed by atoms with E-state index in [-0.39, 0.29) is 18.8 Å². The second kappa shape index (κ2) is 4.79. The lowest BCUT2D eigenvalue weighted by atomic mass is 10.2. The molecule has 7 nitrogen and oxygen atoms in total. The predicted octanol–water partition coefficient (Wildman–Crippen LogP) is 0.103. The van der Waals surface area contributed by atoms with Crippen molar-refractivity contribution in [2.24, 2.45) is 10.9 Å². The number of β-amino-alcohol motifs (C(OH)–C–C–N with tert-alkyl or cyclic N) is 1. The van der Waals surface area contributed by atoms with Crippen LogP contribution >= 0.6 is 0 Å². The Labute approximate surface area is 99.8 Å². The third-order valence-electron chi connectivity index (χ3n) is 2.36. The summed E-state index contributed by atoms with van der Waals surface area (Å²) < 4.78 is 5.18. The van der Waals surface area contributed by atoms with Gasteiger partial charge in [0.25, 0.3) is 0 Å². The number of nitrogens with zero attached hydrogens (tertiary/aromatic N) is 2. The summed E-state index contributed by atoms with van der Waals surface area (Å²) in [6.07, 6.45) is -1.02. The molecular formula is C10H19N3O4. The fourth-order valence-electron chi connectivity index (χ4n) is 1.68. The van der Waals surface area contributed by atoms with Crippen molar-refractivity contribution in [3.05, 3.63) is 0 Å². The maximum atomic E-state index is 11.8. The summed E-state index contributed by atoms with van der Waals surface area (Å²) in [5, 5.41) is 21.0. The molecule has 0 bridgehead atoms. The van der Waals surface area contributed by atoms with E-state index in [1.54, 1.807) is 20.8 Å². The van der Waals surface area contributed by atoms with Crippen LogP contribution in [0.1, 0.15) is 27.2 Å². The van der Waals surface area contributed by atoms with Gasteiger partial charge in [-0.25, -0.2) is 4.79 Å². The van der Waals surface area contributed by atoms with Gasteiger partial charge in [0.05, 0.1) is 18.7 Å². The van der Waals surface area contributed by atoms with Crippen molar-refractivity contribution in [1.29, 1.82) is 0 Å². The highest BCUT2D eigenvalue weighted by molar-refractivity contribution is 5.89. The molecule has 0 aliphatic carbocycles. The molecule has 1 aliphatic heterocycles. The van der Waals surface area contributed by atoms with Gasteiger partial charge in [-0.15, -0.1) is 0 Å². The molecule has 4 N–H and O–H groups in total. The minimum atomic E-state index is -0.687. The molecule has 0 radical (unpaired) electrons. The molecule has 7 heteroatoms. The SMILES string of the molecule is CC(C)(C)OC(=O)N1C[C@@H](O)C[C@H]1/C(N)=N/O. The van der Waals surface area contributed by atoms with Gasteiger partial charge in [-0.3, -0.25) is 4.90 Å². The Hall–Kier alpha value is -1.50. The molecule has 17 heavy (non-hydrogen) atoms. The zero-order valence-corrected chi connectivity index (χ0v) is 10.3. The molecule has 0 unspecified atom stereocenters. The van der Waals surface area contributed by atoms with E-state index in [0.717, 1.165) is 0 Å². The summed E-state index contributed by atoms with van der Waals surface area (Å²) in [5.41, 5.74) is 4.85. The van der Waals surface area contributed by atoms with Gasteiger partial charge < -0.3 is 20.8 Å². The molecule has 98 valence electrons. The van der Waals surface area contributed by atoms with Crippen LogP contribution in [-0.2, 0) is 4.74 Å². The number of likely N-dealkylation sites (tertiary alicyclic amines) is 1. The molecule has 1 aliphatic rings. The first-order chi connectivity index (χ1) is 7.74. The number of amides is 1. The van der Waals surface area contributed by atoms with Crippen LogP contribution in [0.5, 0.6) is 0 Å². The Kier molecular flexibility index (Phi) is 3.82. The van der Waals surface area contributed by atoms with Crippen molar-refractivity contribution in [2.45, 2.75) is 44.9 Å². The van der Waals surface area contributed by atoms with E-state index in [9.17, 15) is 9.90 Å². The van der Waals surface area contributed by atoms with Gasteiger partial charge in [0.2, 0.25) is 0 Å². The average Bonchev–Trinajstić information content (AvgIpc) is 2.56. The fraction of sp³-hybridized carbons (Fsp3) is 0.800. The van der Waals surface area contributed by atoms with Crippen molar-refractivity contribution >= 4 is 11.9 Å². The van der Waals surface area contributed by atoms with Crippen LogP contribution in [0.2, 0.25) is 0 Å². The van der Waals surface area contributed by atoms with Crippen LogP contribution < -0.4 is 5.73 Å². The van der Waals surface area contributed by atoms with Crippen molar-refractivity contribution in [1.82, 2.24) is 4.90 Å². The first kappa shape index (κ1) is 13.6. The normalized spacial score (nSPS) is 26.1. The van der Waals surface area contributed by atoms with Gasteiger partial charge in [0.1, 0.15) is 5.60 Å². The third kappa shape index (κ3) is 3.48. The largest absolute Gasteiger partial charge is 0.444 e. The van der Waals surface area contributed by atoms with E-state index in [0.29, 0.717) is 0 Å². The minimum absolute atomic E-state index is 0.104. The number of oxime groups is 1. The lowest BCUT2D eigenvalue weighted by Gasteiger charge is -2.27. The summed E-state index contributed by atoms with van der Waals surface area (Å²) >= 11 is 0. The van der Waals surface area contributed by atoms with Gasteiger partial charge in [-0.05, 0) is 20.8 Å². The molecule has 1 saturated heterocycles. The maximum Gasteiger partial charge on any atom is 0.411 e. The molecule has 0 aromatic heterocycles. The fourth-order valence-corrected chi connectivity index (χ4v) is 1.68. The zero-order chi connectivity index (χ0) is 13.2. The number of hydrogen-bond donors (Lipinski definition) is 3. The molecule has 0 aromatic rings. The van der Waals surface area contributed by atoms with Crippen LogP contribution in [0.3, 0.4) is 0 Å². The summed E-state index contributed by atoms with van der Waals surface area (Å²) in [7, 11) is 0. The molecule has 1 amide bonds. The highest BCUT2D eigenvalue weighted by Gasteiger charge is 2.39. The van der Waals surface area contributed by atoms with Crippen molar-refractivity contribution < 1.29 is 19.8 Å². The smallest absolute Gasteiger partial charge is 0.411 e. The van der Waals surface area contributed by atoms with Crippen LogP contribution in [0.15, 0.2) is 5.16 Å². The summed E-state index contributed by atoms with van der Waals surface area (Å²) in [4.78, 5) is 13.1. The molecule has 1 heterocycles. The van der Waals surface area contributed by atoms with Crippen LogP contribution in [0, 0.1) is 0 Å². The number of hydrogen-bond acceptors (Lipinski definition) is 5. The summed E-state index contributed by atoms with van der Waals surface area (Å²) in [6.45, 7) is 5.36. The number of aliphatic hydroxyl groups excluding tert-OH is 1. The van der Waals surface area contributed by atoms with Crippen LogP contribution in [0.4, 0.5) is 4.79 Å². The molecular weight excluding hydrogens is 226 g/mol. The number of carbonyl (C=O) groups excluding carboxylic acids is 1. The molecule has 1 fully saturated rings. The lowest BCUT2D eigenvalue weighted by molar-refractivity contribution is 0.0242. The quantitative estimate of drug-likeness (QED) is 0.263. The standard InChI is InChI=1S/C10H19N3O4/c1-10(2,3)17-9(15)13-5-6(14)4-7(13)8(11)12-16/h6-7,14,16H,4-5H2,1-3H3,(H2,11,12)/t6-,7-/m0/s1. The minimum Gasteiger partial charge on any atom is -0.444 e. The summed E-state index contributed by atoms with van der Waals surface area (Å²) in [6, 6.07) is -0.621. The molecule has 0 spiro atoms. The second-order valence-electron chi connectivity index (χ2n) is 5.06. The first-order valence-corrected chi connectivity index (χ1v) is 5.39. The number of nitrogens with two attached hydrogens (primary N) is 1. The molecule has 0 aromatic carbocycles. The highest BCUT2D eigenvalue weighted by Crippen LogP contribution is 2.21. The monoisotopic (exact) mass is 245 g/mol. The number of ether oxygens (including phenoxy) is 1. The number of rotatable bonds is 1. The number of aliphatic hydroxyl groups is 1. The van der Waals surface area contributed by atoms with E-state index >= 15 is 0 Å². The Balaban J connectivity index is 2.77. The average molecular weight is 245 g/mol. The lowest BCUT2D eigenvalue weighted by Crippen LogP contribution is -2.46. The maximum absolute atomic E-state index is 11.8. The number of carbonyl (C=O) groups is 1. The topological polar surface area (TPSA) is 108 Å². The van der Waals surface area contributed by atoms with E-state index in [1.807, 2.05) is 0 Å². The van der Waals surface area contributed by atoms with Crippen LogP contribution in [0.25, 0.3) is 0 Å². The van der Waals surface area contributed by atoms with E-state index in [2.05, 4.69) is 5.16 Å². The van der Waals surface area contributed by atoms with Crippen molar-refractivity contribution in [3.63, 3.8) is 0 Å². The number of amidine groups is 1. The van der Waals surface area contributed by atoms with Crippen molar-refractivity contribution in [2.75, 3.05) is 6.54 Å². The van der Waals surface area contributed by atoms with E-state index < -0.39 is 23.8 Å². The van der Waals surface area contributed by atoms with Crippen molar-refractivity contribution in [3.8, 4) is 0 Å². The Morgan fingerprint density at radius 2 is 2.12 bits per heavy atom. The Bertz CT molecular complexity index is 324. The van der Waals surface area contributed by atoms with Crippen LogP contribution in [-0.4, -0.2) is 51.4 Å². The van der Waals surface area contributed by atoms with Gasteiger partial charge >= 0.3 is 6.09 Å². The van der Waals surface area contributed by atoms with Gasteiger partial charge in [0, 0.05) is 6.42 Å². The van der Waals surface area contributed by atoms with Gasteiger partial charge in [-0.2, -0.15) is 0 Å². The van der Waals surface area contributed by atoms with Gasteiger partial charge in [0.15, 0.2) is 5.84 Å². The Morgan fingerprint density at radius 3 is 2.59 bits per heavy atom. The molecule has 0 saturated carbocycles. The zero-order valence-electron chi connectivity index (χ0n) is 10.3. The summed E-state index contributed by atoms with van der Waals surface area (Å²) in [5.74, 6) is -0.104. The predicted molar refractivity (Wildman–Crippen MR) is 60.8 cm³/mol. The second-order valence-corrected chi connectivity index (χ2v) is 5.06. The van der Waals surface area contributed by atoms with E-state index in [1.165, 1.54) is 4.90 Å². The molecule has 1 rings (SSSR count). The molecule has 2 atom stereocenters. The van der Waals surface area contributed by atoms with Gasteiger partial charge in [-0.1, -0.05) is 5.16 Å². The first-order valence-electron chi connectivity index (χ1n) is 5.39. The Morgan fingerprint density at radius 1 is 1.53 bits per heavy atom.